The van der Waals surface area contributed by atoms with Gasteiger partial charge >= 0.3 is 0 Å². The van der Waals surface area contributed by atoms with Gasteiger partial charge in [-0.05, 0) is 43.3 Å². The molecular formula is C21H21NO6. The van der Waals surface area contributed by atoms with Crippen LogP contribution in [-0.4, -0.2) is 39.1 Å². The van der Waals surface area contributed by atoms with Gasteiger partial charge in [-0.3, -0.25) is 4.79 Å². The first kappa shape index (κ1) is 19.2. The quantitative estimate of drug-likeness (QED) is 0.706. The third-order valence-corrected chi connectivity index (χ3v) is 3.66. The molecule has 2 aromatic rings. The van der Waals surface area contributed by atoms with Crippen molar-refractivity contribution in [2.75, 3.05) is 33.2 Å². The first-order valence-corrected chi connectivity index (χ1v) is 8.85. The van der Waals surface area contributed by atoms with Crippen molar-refractivity contribution in [3.63, 3.8) is 0 Å². The standard InChI is InChI=1S/C21H21NO6/c1-2-24-16-5-7-17(8-6-16)26-14-21(23)22-11-3-4-12-25-18-9-10-19-20(13-18)28-15-27-19/h5-10,13H,2,11-12,14-15H2,1H3,(H,22,23). The van der Waals surface area contributed by atoms with Crippen LogP contribution >= 0.6 is 0 Å². The molecule has 1 heterocycles. The van der Waals surface area contributed by atoms with Gasteiger partial charge in [0.15, 0.2) is 18.1 Å². The van der Waals surface area contributed by atoms with E-state index in [1.807, 2.05) is 6.92 Å². The van der Waals surface area contributed by atoms with Crippen LogP contribution in [0.1, 0.15) is 6.92 Å². The molecule has 28 heavy (non-hydrogen) atoms. The monoisotopic (exact) mass is 383 g/mol. The largest absolute Gasteiger partial charge is 0.494 e. The van der Waals surface area contributed by atoms with Crippen LogP contribution in [0, 0.1) is 11.8 Å². The highest BCUT2D eigenvalue weighted by Gasteiger charge is 2.13. The van der Waals surface area contributed by atoms with Crippen molar-refractivity contribution < 1.29 is 28.5 Å². The molecular weight excluding hydrogens is 362 g/mol. The number of hydrogen-bond acceptors (Lipinski definition) is 6. The number of benzene rings is 2. The molecule has 1 aliphatic rings. The van der Waals surface area contributed by atoms with Crippen LogP contribution in [0.15, 0.2) is 42.5 Å². The van der Waals surface area contributed by atoms with E-state index in [-0.39, 0.29) is 32.5 Å². The molecule has 1 aliphatic heterocycles. The van der Waals surface area contributed by atoms with Crippen molar-refractivity contribution in [3.05, 3.63) is 42.5 Å². The molecule has 0 radical (unpaired) electrons. The average molecular weight is 383 g/mol. The SMILES string of the molecule is CCOc1ccc(OCC(=O)NCC#CCOc2ccc3c(c2)OCO3)cc1. The number of carbonyl (C=O) groups excluding carboxylic acids is 1. The van der Waals surface area contributed by atoms with Gasteiger partial charge in [0.2, 0.25) is 6.79 Å². The maximum Gasteiger partial charge on any atom is 0.258 e. The second-order valence-corrected chi connectivity index (χ2v) is 5.63. The zero-order valence-electron chi connectivity index (χ0n) is 15.5. The molecule has 7 nitrogen and oxygen atoms in total. The predicted molar refractivity (Wildman–Crippen MR) is 102 cm³/mol. The summed E-state index contributed by atoms with van der Waals surface area (Å²) in [4.78, 5) is 11.8. The van der Waals surface area contributed by atoms with Gasteiger partial charge in [-0.25, -0.2) is 0 Å². The van der Waals surface area contributed by atoms with E-state index in [4.69, 9.17) is 23.7 Å². The minimum Gasteiger partial charge on any atom is -0.494 e. The number of amides is 1. The summed E-state index contributed by atoms with van der Waals surface area (Å²) in [6.45, 7) is 3.09. The lowest BCUT2D eigenvalue weighted by Gasteiger charge is -2.07. The van der Waals surface area contributed by atoms with Gasteiger partial charge in [0.1, 0.15) is 23.9 Å². The third kappa shape index (κ3) is 5.74. The average Bonchev–Trinajstić information content (AvgIpc) is 3.18. The van der Waals surface area contributed by atoms with E-state index < -0.39 is 0 Å². The highest BCUT2D eigenvalue weighted by atomic mass is 16.7. The van der Waals surface area contributed by atoms with Gasteiger partial charge in [-0.2, -0.15) is 0 Å². The smallest absolute Gasteiger partial charge is 0.258 e. The second-order valence-electron chi connectivity index (χ2n) is 5.63. The van der Waals surface area contributed by atoms with Crippen molar-refractivity contribution in [3.8, 4) is 40.6 Å². The zero-order chi connectivity index (χ0) is 19.6. The van der Waals surface area contributed by atoms with Crippen molar-refractivity contribution in [2.45, 2.75) is 6.92 Å². The summed E-state index contributed by atoms with van der Waals surface area (Å²) in [5.74, 6) is 8.77. The fraction of sp³-hybridized carbons (Fsp3) is 0.286. The molecule has 0 aromatic heterocycles. The summed E-state index contributed by atoms with van der Waals surface area (Å²) in [6, 6.07) is 12.4. The van der Waals surface area contributed by atoms with Crippen LogP contribution in [0.4, 0.5) is 0 Å². The first-order chi connectivity index (χ1) is 13.7. The third-order valence-electron chi connectivity index (χ3n) is 3.66. The molecule has 1 amide bonds. The predicted octanol–water partition coefficient (Wildman–Crippen LogP) is 2.39. The number of rotatable bonds is 8. The molecule has 2 aromatic carbocycles. The Morgan fingerprint density at radius 2 is 1.68 bits per heavy atom. The first-order valence-electron chi connectivity index (χ1n) is 8.85. The van der Waals surface area contributed by atoms with Gasteiger partial charge in [-0.1, -0.05) is 11.8 Å². The van der Waals surface area contributed by atoms with Gasteiger partial charge < -0.3 is 29.0 Å². The summed E-state index contributed by atoms with van der Waals surface area (Å²) in [5, 5.41) is 2.66. The van der Waals surface area contributed by atoms with E-state index in [1.54, 1.807) is 42.5 Å². The molecule has 0 spiro atoms. The molecule has 0 atom stereocenters. The van der Waals surface area contributed by atoms with E-state index in [2.05, 4.69) is 17.2 Å². The number of carbonyl (C=O) groups is 1. The van der Waals surface area contributed by atoms with Crippen LogP contribution in [0.25, 0.3) is 0 Å². The van der Waals surface area contributed by atoms with Crippen LogP contribution in [-0.2, 0) is 4.79 Å². The van der Waals surface area contributed by atoms with Crippen LogP contribution in [0.3, 0.4) is 0 Å². The Labute approximate surface area is 163 Å². The van der Waals surface area contributed by atoms with E-state index in [9.17, 15) is 4.79 Å². The van der Waals surface area contributed by atoms with E-state index in [0.29, 0.717) is 29.6 Å². The number of hydrogen-bond donors (Lipinski definition) is 1. The van der Waals surface area contributed by atoms with Gasteiger partial charge in [0.25, 0.3) is 5.91 Å². The molecule has 146 valence electrons. The molecule has 0 aliphatic carbocycles. The summed E-state index contributed by atoms with van der Waals surface area (Å²) in [5.41, 5.74) is 0. The fourth-order valence-electron chi connectivity index (χ4n) is 2.34. The zero-order valence-corrected chi connectivity index (χ0v) is 15.5. The second kappa shape index (κ2) is 9.97. The van der Waals surface area contributed by atoms with Crippen molar-refractivity contribution in [2.24, 2.45) is 0 Å². The molecule has 1 N–H and O–H groups in total. The van der Waals surface area contributed by atoms with Gasteiger partial charge in [-0.15, -0.1) is 0 Å². The maximum absolute atomic E-state index is 11.8. The molecule has 0 fully saturated rings. The van der Waals surface area contributed by atoms with Crippen molar-refractivity contribution in [1.82, 2.24) is 5.32 Å². The maximum atomic E-state index is 11.8. The number of fused-ring (bicyclic) bond motifs is 1. The lowest BCUT2D eigenvalue weighted by atomic mass is 10.3. The number of nitrogens with one attached hydrogen (secondary N) is 1. The van der Waals surface area contributed by atoms with Crippen molar-refractivity contribution in [1.29, 1.82) is 0 Å². The summed E-state index contributed by atoms with van der Waals surface area (Å²) in [7, 11) is 0. The molecule has 0 bridgehead atoms. The minimum atomic E-state index is -0.250. The van der Waals surface area contributed by atoms with Gasteiger partial charge in [0.05, 0.1) is 13.2 Å². The van der Waals surface area contributed by atoms with E-state index in [0.717, 1.165) is 5.75 Å². The summed E-state index contributed by atoms with van der Waals surface area (Å²) < 4.78 is 26.8. The Balaban J connectivity index is 1.31. The lowest BCUT2D eigenvalue weighted by molar-refractivity contribution is -0.122. The van der Waals surface area contributed by atoms with E-state index >= 15 is 0 Å². The molecule has 7 heteroatoms. The summed E-state index contributed by atoms with van der Waals surface area (Å²) >= 11 is 0. The molecule has 0 saturated carbocycles. The Hall–Kier alpha value is -3.53. The van der Waals surface area contributed by atoms with Crippen LogP contribution < -0.4 is 29.0 Å². The van der Waals surface area contributed by atoms with Crippen molar-refractivity contribution >= 4 is 5.91 Å². The number of ether oxygens (including phenoxy) is 5. The Kier molecular flexibility index (Phi) is 6.85. The van der Waals surface area contributed by atoms with Crippen LogP contribution in [0.2, 0.25) is 0 Å². The highest BCUT2D eigenvalue weighted by molar-refractivity contribution is 5.77. The Bertz CT molecular complexity index is 853. The molecule has 3 rings (SSSR count). The normalized spacial score (nSPS) is 11.2. The van der Waals surface area contributed by atoms with E-state index in [1.165, 1.54) is 0 Å². The lowest BCUT2D eigenvalue weighted by Crippen LogP contribution is -2.29. The molecule has 0 saturated heterocycles. The minimum absolute atomic E-state index is 0.0800. The van der Waals surface area contributed by atoms with Crippen LogP contribution in [0.5, 0.6) is 28.7 Å². The fourth-order valence-corrected chi connectivity index (χ4v) is 2.34. The highest BCUT2D eigenvalue weighted by Crippen LogP contribution is 2.34. The topological polar surface area (TPSA) is 75.3 Å². The summed E-state index contributed by atoms with van der Waals surface area (Å²) in [6.07, 6.45) is 0. The Morgan fingerprint density at radius 3 is 2.46 bits per heavy atom. The van der Waals surface area contributed by atoms with Gasteiger partial charge in [0, 0.05) is 6.07 Å². The molecule has 0 unspecified atom stereocenters. The Morgan fingerprint density at radius 1 is 0.964 bits per heavy atom.